The molecule has 0 spiro atoms. The Morgan fingerprint density at radius 1 is 1.22 bits per heavy atom. The molecule has 2 rings (SSSR count). The summed E-state index contributed by atoms with van der Waals surface area (Å²) in [6, 6.07) is 13.0. The molecule has 0 aliphatic heterocycles. The largest absolute Gasteiger partial charge is 0.497 e. The number of sulfonamides is 1. The van der Waals surface area contributed by atoms with E-state index in [2.05, 4.69) is 10.3 Å². The summed E-state index contributed by atoms with van der Waals surface area (Å²) in [6.07, 6.45) is 3.52. The van der Waals surface area contributed by atoms with Gasteiger partial charge in [-0.25, -0.2) is 8.42 Å². The minimum atomic E-state index is -3.43. The normalized spacial score (nSPS) is 11.4. The van der Waals surface area contributed by atoms with Gasteiger partial charge in [0, 0.05) is 25.7 Å². The number of amides is 1. The summed E-state index contributed by atoms with van der Waals surface area (Å²) >= 11 is 0. The van der Waals surface area contributed by atoms with Gasteiger partial charge in [0.25, 0.3) is 0 Å². The van der Waals surface area contributed by atoms with Gasteiger partial charge in [-0.1, -0.05) is 18.2 Å². The minimum Gasteiger partial charge on any atom is -0.497 e. The van der Waals surface area contributed by atoms with Crippen LogP contribution in [0.4, 0.5) is 0 Å². The molecule has 1 aromatic heterocycles. The molecule has 0 aliphatic carbocycles. The third-order valence-electron chi connectivity index (χ3n) is 3.99. The Kier molecular flexibility index (Phi) is 7.75. The van der Waals surface area contributed by atoms with E-state index in [9.17, 15) is 13.2 Å². The molecule has 0 aliphatic rings. The lowest BCUT2D eigenvalue weighted by molar-refractivity contribution is -0.121. The van der Waals surface area contributed by atoms with Gasteiger partial charge in [0.2, 0.25) is 15.9 Å². The van der Waals surface area contributed by atoms with Crippen molar-refractivity contribution < 1.29 is 17.9 Å². The molecule has 0 saturated carbocycles. The Morgan fingerprint density at radius 2 is 2.04 bits per heavy atom. The molecular weight excluding hydrogens is 366 g/mol. The first-order chi connectivity index (χ1) is 12.9. The molecule has 8 heteroatoms. The van der Waals surface area contributed by atoms with E-state index in [4.69, 9.17) is 4.74 Å². The molecule has 27 heavy (non-hydrogen) atoms. The van der Waals surface area contributed by atoms with Crippen LogP contribution in [-0.4, -0.2) is 50.1 Å². The van der Waals surface area contributed by atoms with Crippen LogP contribution in [0.5, 0.6) is 5.75 Å². The molecule has 1 N–H and O–H groups in total. The molecule has 2 aromatic rings. The molecule has 0 radical (unpaired) electrons. The summed E-state index contributed by atoms with van der Waals surface area (Å²) in [5, 5.41) is 2.82. The fourth-order valence-electron chi connectivity index (χ4n) is 2.52. The van der Waals surface area contributed by atoms with Crippen molar-refractivity contribution in [3.8, 4) is 5.75 Å². The molecule has 0 saturated heterocycles. The number of nitrogens with zero attached hydrogens (tertiary/aromatic N) is 2. The second-order valence-corrected chi connectivity index (χ2v) is 8.10. The molecule has 1 aromatic carbocycles. The topological polar surface area (TPSA) is 88.6 Å². The van der Waals surface area contributed by atoms with Gasteiger partial charge >= 0.3 is 0 Å². The lowest BCUT2D eigenvalue weighted by Crippen LogP contribution is -2.35. The first kappa shape index (κ1) is 20.9. The van der Waals surface area contributed by atoms with E-state index in [1.54, 1.807) is 31.5 Å². The number of benzene rings is 1. The first-order valence-corrected chi connectivity index (χ1v) is 10.5. The van der Waals surface area contributed by atoms with E-state index in [1.807, 2.05) is 24.3 Å². The van der Waals surface area contributed by atoms with E-state index >= 15 is 0 Å². The van der Waals surface area contributed by atoms with Crippen molar-refractivity contribution >= 4 is 15.9 Å². The zero-order valence-electron chi connectivity index (χ0n) is 15.6. The second-order valence-electron chi connectivity index (χ2n) is 6.12. The number of nitrogens with one attached hydrogen (secondary N) is 1. The molecule has 0 fully saturated rings. The summed E-state index contributed by atoms with van der Waals surface area (Å²) in [5.74, 6) is 0.588. The molecule has 7 nitrogen and oxygen atoms in total. The van der Waals surface area contributed by atoms with E-state index < -0.39 is 10.0 Å². The second kappa shape index (κ2) is 10.0. The average molecular weight is 391 g/mol. The van der Waals surface area contributed by atoms with Crippen LogP contribution < -0.4 is 10.1 Å². The minimum absolute atomic E-state index is 0.0953. The van der Waals surface area contributed by atoms with Gasteiger partial charge in [0.15, 0.2) is 0 Å². The van der Waals surface area contributed by atoms with Crippen LogP contribution >= 0.6 is 0 Å². The van der Waals surface area contributed by atoms with Gasteiger partial charge in [-0.2, -0.15) is 4.31 Å². The Hall–Kier alpha value is -2.45. The first-order valence-electron chi connectivity index (χ1n) is 8.63. The van der Waals surface area contributed by atoms with Crippen molar-refractivity contribution in [1.82, 2.24) is 14.6 Å². The van der Waals surface area contributed by atoms with E-state index in [1.165, 1.54) is 4.31 Å². The van der Waals surface area contributed by atoms with Crippen molar-refractivity contribution in [3.63, 3.8) is 0 Å². The highest BCUT2D eigenvalue weighted by molar-refractivity contribution is 7.88. The predicted octanol–water partition coefficient (Wildman–Crippen LogP) is 1.60. The lowest BCUT2D eigenvalue weighted by atomic mass is 10.1. The number of pyridine rings is 1. The maximum Gasteiger partial charge on any atom is 0.221 e. The molecule has 146 valence electrons. The summed E-state index contributed by atoms with van der Waals surface area (Å²) in [6.45, 7) is 0.738. The quantitative estimate of drug-likeness (QED) is 0.665. The van der Waals surface area contributed by atoms with E-state index in [-0.39, 0.29) is 25.4 Å². The van der Waals surface area contributed by atoms with Crippen LogP contribution in [0.25, 0.3) is 0 Å². The highest BCUT2D eigenvalue weighted by Gasteiger charge is 2.18. The van der Waals surface area contributed by atoms with Crippen LogP contribution in [0, 0.1) is 0 Å². The molecule has 1 heterocycles. The van der Waals surface area contributed by atoms with Crippen LogP contribution in [0.1, 0.15) is 17.7 Å². The van der Waals surface area contributed by atoms with Gasteiger partial charge in [-0.15, -0.1) is 0 Å². The highest BCUT2D eigenvalue weighted by atomic mass is 32.2. The lowest BCUT2D eigenvalue weighted by Gasteiger charge is -2.19. The van der Waals surface area contributed by atoms with Crippen molar-refractivity contribution in [2.24, 2.45) is 0 Å². The van der Waals surface area contributed by atoms with Crippen molar-refractivity contribution in [2.45, 2.75) is 19.4 Å². The number of carbonyl (C=O) groups is 1. The average Bonchev–Trinajstić information content (AvgIpc) is 2.65. The molecule has 0 bridgehead atoms. The maximum absolute atomic E-state index is 12.1. The number of ether oxygens (including phenoxy) is 1. The summed E-state index contributed by atoms with van der Waals surface area (Å²) < 4.78 is 30.4. The number of methoxy groups -OCH3 is 1. The van der Waals surface area contributed by atoms with Crippen LogP contribution in [0.2, 0.25) is 0 Å². The van der Waals surface area contributed by atoms with E-state index in [0.717, 1.165) is 17.6 Å². The molecule has 0 unspecified atom stereocenters. The number of aromatic nitrogens is 1. The fraction of sp³-hybridized carbons (Fsp3) is 0.368. The van der Waals surface area contributed by atoms with Crippen molar-refractivity contribution in [1.29, 1.82) is 0 Å². The fourth-order valence-corrected chi connectivity index (χ4v) is 3.31. The highest BCUT2D eigenvalue weighted by Crippen LogP contribution is 2.12. The smallest absolute Gasteiger partial charge is 0.221 e. The number of hydrogen-bond donors (Lipinski definition) is 1. The Labute approximate surface area is 160 Å². The Balaban J connectivity index is 1.81. The number of carbonyl (C=O) groups excluding carboxylic acids is 1. The van der Waals surface area contributed by atoms with Crippen molar-refractivity contribution in [3.05, 3.63) is 59.9 Å². The van der Waals surface area contributed by atoms with Gasteiger partial charge in [-0.05, 0) is 36.2 Å². The Bertz CT molecular complexity index is 841. The summed E-state index contributed by atoms with van der Waals surface area (Å²) in [4.78, 5) is 16.2. The van der Waals surface area contributed by atoms with Crippen molar-refractivity contribution in [2.75, 3.05) is 26.5 Å². The van der Waals surface area contributed by atoms with Gasteiger partial charge in [0.05, 0.1) is 25.6 Å². The van der Waals surface area contributed by atoms with Gasteiger partial charge in [-0.3, -0.25) is 9.78 Å². The predicted molar refractivity (Wildman–Crippen MR) is 104 cm³/mol. The third kappa shape index (κ3) is 7.36. The monoisotopic (exact) mass is 391 g/mol. The standard InChI is InChI=1S/C19H25N3O4S/c1-26-18-8-5-6-16(14-18)9-12-21-19(23)10-13-22(27(2,24)25)15-17-7-3-4-11-20-17/h3-8,11,14H,9-10,12-13,15H2,1-2H3,(H,21,23). The zero-order chi connectivity index (χ0) is 19.7. The summed E-state index contributed by atoms with van der Waals surface area (Å²) in [7, 11) is -1.82. The van der Waals surface area contributed by atoms with E-state index in [0.29, 0.717) is 18.7 Å². The summed E-state index contributed by atoms with van der Waals surface area (Å²) in [5.41, 5.74) is 1.70. The molecular formula is C19H25N3O4S. The Morgan fingerprint density at radius 3 is 2.70 bits per heavy atom. The maximum atomic E-state index is 12.1. The molecule has 0 atom stereocenters. The number of hydrogen-bond acceptors (Lipinski definition) is 5. The van der Waals surface area contributed by atoms with Crippen LogP contribution in [0.3, 0.4) is 0 Å². The SMILES string of the molecule is COc1cccc(CCNC(=O)CCN(Cc2ccccn2)S(C)(=O)=O)c1. The van der Waals surface area contributed by atoms with Crippen LogP contribution in [0.15, 0.2) is 48.7 Å². The van der Waals surface area contributed by atoms with Gasteiger partial charge in [0.1, 0.15) is 5.75 Å². The van der Waals surface area contributed by atoms with Gasteiger partial charge < -0.3 is 10.1 Å². The van der Waals surface area contributed by atoms with Crippen LogP contribution in [-0.2, 0) is 27.8 Å². The zero-order valence-corrected chi connectivity index (χ0v) is 16.4. The third-order valence-corrected chi connectivity index (χ3v) is 5.24. The number of rotatable bonds is 10. The molecule has 1 amide bonds.